The minimum absolute atomic E-state index is 0.0702. The zero-order valence-corrected chi connectivity index (χ0v) is 30.9. The van der Waals surface area contributed by atoms with Crippen molar-refractivity contribution in [1.82, 2.24) is 0 Å². The number of hydrogen-bond acceptors (Lipinski definition) is 12. The Kier molecular flexibility index (Phi) is 9.83. The summed E-state index contributed by atoms with van der Waals surface area (Å²) in [5.41, 5.74) is 1.74. The van der Waals surface area contributed by atoms with E-state index >= 15 is 0 Å². The second-order valence-corrected chi connectivity index (χ2v) is 18.3. The van der Waals surface area contributed by atoms with Crippen molar-refractivity contribution in [3.05, 3.63) is 11.6 Å². The number of rotatable bonds is 5. The summed E-state index contributed by atoms with van der Waals surface area (Å²) in [6, 6.07) is 0. The molecule has 0 aromatic rings. The lowest BCUT2D eigenvalue weighted by atomic mass is 9.47. The summed E-state index contributed by atoms with van der Waals surface area (Å²) in [4.78, 5) is 0. The smallest absolute Gasteiger partial charge is 0.187 e. The van der Waals surface area contributed by atoms with Crippen molar-refractivity contribution in [3.63, 3.8) is 0 Å². The molecule has 12 heteroatoms. The molecule has 12 nitrogen and oxygen atoms in total. The van der Waals surface area contributed by atoms with Crippen molar-refractivity contribution in [1.29, 1.82) is 0 Å². The Labute approximate surface area is 301 Å². The molecule has 290 valence electrons. The van der Waals surface area contributed by atoms with E-state index in [1.54, 1.807) is 6.92 Å². The van der Waals surface area contributed by atoms with Gasteiger partial charge in [0.15, 0.2) is 18.4 Å². The van der Waals surface area contributed by atoms with Gasteiger partial charge in [-0.15, -0.1) is 0 Å². The number of aliphatic hydroxyl groups is 6. The largest absolute Gasteiger partial charge is 0.394 e. The molecule has 1 spiro atoms. The first kappa shape index (κ1) is 37.2. The lowest BCUT2D eigenvalue weighted by Crippen LogP contribution is -2.64. The van der Waals surface area contributed by atoms with Gasteiger partial charge in [-0.2, -0.15) is 0 Å². The Bertz CT molecular complexity index is 1300. The molecule has 4 heterocycles. The van der Waals surface area contributed by atoms with Crippen LogP contribution in [0.3, 0.4) is 0 Å². The molecule has 3 saturated carbocycles. The Morgan fingerprint density at radius 2 is 1.61 bits per heavy atom. The second-order valence-electron chi connectivity index (χ2n) is 18.3. The third kappa shape index (κ3) is 5.84. The molecule has 7 fully saturated rings. The Hall–Kier alpha value is -0.740. The van der Waals surface area contributed by atoms with E-state index in [1.807, 2.05) is 0 Å². The van der Waals surface area contributed by atoms with Gasteiger partial charge in [0.2, 0.25) is 0 Å². The molecular formula is C39H62O12. The molecule has 8 rings (SSSR count). The van der Waals surface area contributed by atoms with Gasteiger partial charge in [0.1, 0.15) is 42.7 Å². The number of allylic oxidation sites excluding steroid dienone is 1. The van der Waals surface area contributed by atoms with Gasteiger partial charge in [0.05, 0.1) is 31.5 Å². The van der Waals surface area contributed by atoms with Crippen LogP contribution in [0.1, 0.15) is 92.4 Å². The fourth-order valence-electron chi connectivity index (χ4n) is 12.5. The first-order valence-electron chi connectivity index (χ1n) is 19.8. The highest BCUT2D eigenvalue weighted by atomic mass is 16.8. The van der Waals surface area contributed by atoms with Crippen LogP contribution in [-0.4, -0.2) is 123 Å². The van der Waals surface area contributed by atoms with Crippen LogP contribution >= 0.6 is 0 Å². The predicted molar refractivity (Wildman–Crippen MR) is 182 cm³/mol. The molecule has 4 aliphatic heterocycles. The SMILES string of the molecule is C[C@@H]1CC[C@@]2(OC1)O[C@H]1C[C@H]3[C@@H]4CC=C5C[C@@H](O[C@@H]6O[C@@H](C)[C@H](O)[C@@H](O)[C@H]6O[C@@H]6O[C@H](CO)[C@@H](O)[C@H](O)[C@H]6O)CC[C@]5(C)[C@H]4CC[C@]3(C)[C@H]1[C@@H]2C. The summed E-state index contributed by atoms with van der Waals surface area (Å²) < 4.78 is 37.6. The zero-order valence-electron chi connectivity index (χ0n) is 30.9. The molecule has 4 aliphatic carbocycles. The van der Waals surface area contributed by atoms with Gasteiger partial charge in [0, 0.05) is 12.3 Å². The van der Waals surface area contributed by atoms with Crippen LogP contribution in [-0.2, 0) is 28.4 Å². The summed E-state index contributed by atoms with van der Waals surface area (Å²) >= 11 is 0. The van der Waals surface area contributed by atoms with Crippen molar-refractivity contribution < 1.29 is 59.1 Å². The monoisotopic (exact) mass is 722 g/mol. The molecule has 0 bridgehead atoms. The molecule has 8 aliphatic rings. The molecule has 0 amide bonds. The van der Waals surface area contributed by atoms with Crippen molar-refractivity contribution in [3.8, 4) is 0 Å². The van der Waals surface area contributed by atoms with E-state index < -0.39 is 73.8 Å². The highest BCUT2D eigenvalue weighted by Gasteiger charge is 2.68. The molecular weight excluding hydrogens is 660 g/mol. The van der Waals surface area contributed by atoms with E-state index in [-0.39, 0.29) is 23.0 Å². The maximum atomic E-state index is 11.1. The quantitative estimate of drug-likeness (QED) is 0.229. The molecule has 0 unspecified atom stereocenters. The van der Waals surface area contributed by atoms with E-state index in [4.69, 9.17) is 28.4 Å². The van der Waals surface area contributed by atoms with E-state index in [9.17, 15) is 30.6 Å². The van der Waals surface area contributed by atoms with Gasteiger partial charge >= 0.3 is 0 Å². The summed E-state index contributed by atoms with van der Waals surface area (Å²) in [5.74, 6) is 2.97. The van der Waals surface area contributed by atoms with Gasteiger partial charge in [-0.1, -0.05) is 39.3 Å². The number of fused-ring (bicyclic) bond motifs is 7. The normalized spacial score (nSPS) is 58.4. The predicted octanol–water partition coefficient (Wildman–Crippen LogP) is 2.39. The number of hydrogen-bond donors (Lipinski definition) is 6. The fourth-order valence-corrected chi connectivity index (χ4v) is 12.5. The summed E-state index contributed by atoms with van der Waals surface area (Å²) in [7, 11) is 0. The van der Waals surface area contributed by atoms with Gasteiger partial charge in [-0.25, -0.2) is 0 Å². The van der Waals surface area contributed by atoms with E-state index in [2.05, 4.69) is 33.8 Å². The standard InChI is InChI=1S/C39H62O12/c1-18-8-13-39(46-17-18)19(2)28-26(51-39)15-25-23-7-6-21-14-22(9-11-37(21,4)24(23)10-12-38(25,28)5)48-36-34(32(44)29(41)20(3)47-36)50-35-33(45)31(43)30(42)27(16-40)49-35/h6,18-20,22-36,40-45H,7-17H2,1-5H3/t18-,19+,20+,22+,23-,24+,25+,26+,27-,28+,29+,30-,31+,32-,33-,34-,35+,36+,37+,38+,39-/m1/s1. The van der Waals surface area contributed by atoms with E-state index in [0.29, 0.717) is 35.5 Å². The first-order valence-corrected chi connectivity index (χ1v) is 19.8. The highest BCUT2D eigenvalue weighted by molar-refractivity contribution is 5.26. The van der Waals surface area contributed by atoms with Crippen molar-refractivity contribution in [2.24, 2.45) is 46.3 Å². The Balaban J connectivity index is 0.957. The van der Waals surface area contributed by atoms with E-state index in [0.717, 1.165) is 45.1 Å². The molecule has 51 heavy (non-hydrogen) atoms. The lowest BCUT2D eigenvalue weighted by molar-refractivity contribution is -0.369. The van der Waals surface area contributed by atoms with Gasteiger partial charge in [-0.3, -0.25) is 0 Å². The molecule has 21 atom stereocenters. The van der Waals surface area contributed by atoms with Crippen molar-refractivity contribution in [2.75, 3.05) is 13.2 Å². The van der Waals surface area contributed by atoms with Crippen LogP contribution in [0.15, 0.2) is 11.6 Å². The third-order valence-electron chi connectivity index (χ3n) is 15.6. The Morgan fingerprint density at radius 3 is 2.33 bits per heavy atom. The third-order valence-corrected chi connectivity index (χ3v) is 15.6. The van der Waals surface area contributed by atoms with Gasteiger partial charge < -0.3 is 59.1 Å². The summed E-state index contributed by atoms with van der Waals surface area (Å²) in [5, 5.41) is 62.6. The van der Waals surface area contributed by atoms with Crippen molar-refractivity contribution >= 4 is 0 Å². The van der Waals surface area contributed by atoms with Crippen molar-refractivity contribution in [2.45, 2.75) is 172 Å². The van der Waals surface area contributed by atoms with Gasteiger partial charge in [-0.05, 0) is 98.7 Å². The molecule has 0 aromatic heterocycles. The van der Waals surface area contributed by atoms with E-state index in [1.165, 1.54) is 24.8 Å². The fraction of sp³-hybridized carbons (Fsp3) is 0.949. The van der Waals surface area contributed by atoms with Crippen LogP contribution in [0.5, 0.6) is 0 Å². The maximum absolute atomic E-state index is 11.1. The summed E-state index contributed by atoms with van der Waals surface area (Å²) in [6.07, 6.45) is -1.57. The lowest BCUT2D eigenvalue weighted by Gasteiger charge is -2.58. The van der Waals surface area contributed by atoms with Crippen LogP contribution in [0.25, 0.3) is 0 Å². The average molecular weight is 723 g/mol. The van der Waals surface area contributed by atoms with Crippen LogP contribution in [0.4, 0.5) is 0 Å². The van der Waals surface area contributed by atoms with Crippen LogP contribution in [0.2, 0.25) is 0 Å². The molecule has 0 aromatic carbocycles. The minimum atomic E-state index is -1.67. The Morgan fingerprint density at radius 1 is 0.824 bits per heavy atom. The molecule has 6 N–H and O–H groups in total. The molecule has 0 radical (unpaired) electrons. The number of ether oxygens (including phenoxy) is 6. The average Bonchev–Trinajstić information content (AvgIpc) is 3.56. The topological polar surface area (TPSA) is 177 Å². The zero-order chi connectivity index (χ0) is 36.2. The molecule has 4 saturated heterocycles. The van der Waals surface area contributed by atoms with Crippen LogP contribution in [0, 0.1) is 46.3 Å². The highest BCUT2D eigenvalue weighted by Crippen LogP contribution is 2.70. The number of aliphatic hydroxyl groups excluding tert-OH is 6. The summed E-state index contributed by atoms with van der Waals surface area (Å²) in [6.45, 7) is 11.5. The first-order chi connectivity index (χ1) is 24.2. The van der Waals surface area contributed by atoms with Gasteiger partial charge in [0.25, 0.3) is 0 Å². The van der Waals surface area contributed by atoms with Crippen LogP contribution < -0.4 is 0 Å². The minimum Gasteiger partial charge on any atom is -0.394 e. The second kappa shape index (κ2) is 13.5. The maximum Gasteiger partial charge on any atom is 0.187 e.